The van der Waals surface area contributed by atoms with Gasteiger partial charge in [-0.25, -0.2) is 0 Å². The normalized spacial score (nSPS) is 10.9. The molecule has 3 aromatic rings. The van der Waals surface area contributed by atoms with E-state index in [0.717, 1.165) is 18.7 Å². The maximum Gasteiger partial charge on any atom is 0.0652 e. The lowest BCUT2D eigenvalue weighted by Gasteiger charge is -2.08. The number of rotatable bonds is 3. The Bertz CT molecular complexity index is 685. The molecule has 1 radical (unpaired) electrons. The van der Waals surface area contributed by atoms with Gasteiger partial charge in [0.25, 0.3) is 0 Å². The van der Waals surface area contributed by atoms with Crippen LogP contribution in [0.3, 0.4) is 0 Å². The zero-order valence-electron chi connectivity index (χ0n) is 10.6. The molecule has 0 amide bonds. The summed E-state index contributed by atoms with van der Waals surface area (Å²) in [7, 11) is 0. The van der Waals surface area contributed by atoms with Crippen molar-refractivity contribution < 1.29 is 0 Å². The van der Waals surface area contributed by atoms with Crippen LogP contribution in [0.15, 0.2) is 54.6 Å². The monoisotopic (exact) mass is 234 g/mol. The van der Waals surface area contributed by atoms with E-state index in [-0.39, 0.29) is 0 Å². The second kappa shape index (κ2) is 4.69. The number of hydrogen-bond acceptors (Lipinski definition) is 0. The molecule has 0 N–H and O–H groups in total. The summed E-state index contributed by atoms with van der Waals surface area (Å²) in [6, 6.07) is 19.3. The Hall–Kier alpha value is -2.02. The first-order valence-corrected chi connectivity index (χ1v) is 6.48. The van der Waals surface area contributed by atoms with Crippen molar-refractivity contribution in [1.29, 1.82) is 0 Å². The van der Waals surface area contributed by atoms with Crippen molar-refractivity contribution in [1.82, 2.24) is 5.32 Å². The lowest BCUT2D eigenvalue weighted by atomic mass is 10.0. The van der Waals surface area contributed by atoms with E-state index < -0.39 is 0 Å². The van der Waals surface area contributed by atoms with Crippen LogP contribution in [0.25, 0.3) is 21.5 Å². The summed E-state index contributed by atoms with van der Waals surface area (Å²) >= 11 is 0. The van der Waals surface area contributed by atoms with Crippen molar-refractivity contribution in [3.8, 4) is 0 Å². The molecule has 0 atom stereocenters. The van der Waals surface area contributed by atoms with E-state index in [1.54, 1.807) is 0 Å². The van der Waals surface area contributed by atoms with Crippen LogP contribution in [0.4, 0.5) is 5.69 Å². The molecule has 0 aliphatic carbocycles. The fourth-order valence-electron chi connectivity index (χ4n) is 2.39. The highest BCUT2D eigenvalue weighted by Gasteiger charge is 2.04. The first-order chi connectivity index (χ1) is 8.90. The highest BCUT2D eigenvalue weighted by Crippen LogP contribution is 2.30. The van der Waals surface area contributed by atoms with Crippen molar-refractivity contribution in [3.05, 3.63) is 54.6 Å². The Morgan fingerprint density at radius 3 is 2.50 bits per heavy atom. The van der Waals surface area contributed by atoms with Gasteiger partial charge in [0.15, 0.2) is 0 Å². The molecule has 0 heterocycles. The van der Waals surface area contributed by atoms with Gasteiger partial charge in [0.1, 0.15) is 0 Å². The second-order valence-corrected chi connectivity index (χ2v) is 4.54. The van der Waals surface area contributed by atoms with Crippen LogP contribution in [0.2, 0.25) is 0 Å². The second-order valence-electron chi connectivity index (χ2n) is 4.54. The molecule has 0 spiro atoms. The summed E-state index contributed by atoms with van der Waals surface area (Å²) in [5, 5.41) is 9.81. The average molecular weight is 234 g/mol. The third-order valence-electron chi connectivity index (χ3n) is 3.27. The topological polar surface area (TPSA) is 14.1 Å². The minimum absolute atomic E-state index is 0.895. The quantitative estimate of drug-likeness (QED) is 0.586. The Kier molecular flexibility index (Phi) is 2.89. The minimum Gasteiger partial charge on any atom is -0.285 e. The van der Waals surface area contributed by atoms with Crippen LogP contribution in [-0.2, 0) is 0 Å². The molecule has 89 valence electrons. The van der Waals surface area contributed by atoms with Gasteiger partial charge in [-0.2, -0.15) is 0 Å². The molecule has 0 aliphatic heterocycles. The Balaban J connectivity index is 2.26. The van der Waals surface area contributed by atoms with Gasteiger partial charge in [0.05, 0.1) is 5.69 Å². The molecule has 1 heteroatoms. The lowest BCUT2D eigenvalue weighted by Crippen LogP contribution is -1.98. The van der Waals surface area contributed by atoms with Gasteiger partial charge in [0, 0.05) is 11.9 Å². The summed E-state index contributed by atoms with van der Waals surface area (Å²) in [6.07, 6.45) is 1.09. The summed E-state index contributed by atoms with van der Waals surface area (Å²) < 4.78 is 0. The Morgan fingerprint density at radius 2 is 1.61 bits per heavy atom. The number of nitrogens with zero attached hydrogens (tertiary/aromatic N) is 1. The molecular weight excluding hydrogens is 218 g/mol. The number of benzene rings is 3. The molecule has 0 bridgehead atoms. The fraction of sp³-hybridized carbons (Fsp3) is 0.176. The SMILES string of the molecule is CCC[N]c1cccc2c1ccc1ccccc12. The van der Waals surface area contributed by atoms with Gasteiger partial charge in [-0.1, -0.05) is 55.5 Å². The third kappa shape index (κ3) is 1.82. The first kappa shape index (κ1) is 11.1. The number of fused-ring (bicyclic) bond motifs is 3. The van der Waals surface area contributed by atoms with E-state index in [0.29, 0.717) is 0 Å². The zero-order chi connectivity index (χ0) is 12.4. The smallest absolute Gasteiger partial charge is 0.0652 e. The predicted octanol–water partition coefficient (Wildman–Crippen LogP) is 4.64. The van der Waals surface area contributed by atoms with Crippen molar-refractivity contribution in [2.75, 3.05) is 6.54 Å². The molecule has 0 unspecified atom stereocenters. The van der Waals surface area contributed by atoms with Gasteiger partial charge in [-0.15, -0.1) is 0 Å². The zero-order valence-corrected chi connectivity index (χ0v) is 10.6. The van der Waals surface area contributed by atoms with Crippen molar-refractivity contribution >= 4 is 27.2 Å². The van der Waals surface area contributed by atoms with Crippen LogP contribution in [0.1, 0.15) is 13.3 Å². The molecule has 0 aromatic heterocycles. The van der Waals surface area contributed by atoms with Gasteiger partial charge >= 0.3 is 0 Å². The Morgan fingerprint density at radius 1 is 0.778 bits per heavy atom. The van der Waals surface area contributed by atoms with E-state index in [1.807, 2.05) is 0 Å². The van der Waals surface area contributed by atoms with E-state index in [2.05, 4.69) is 66.8 Å². The average Bonchev–Trinajstić information content (AvgIpc) is 2.44. The van der Waals surface area contributed by atoms with Crippen molar-refractivity contribution in [2.24, 2.45) is 0 Å². The third-order valence-corrected chi connectivity index (χ3v) is 3.27. The van der Waals surface area contributed by atoms with E-state index in [4.69, 9.17) is 0 Å². The van der Waals surface area contributed by atoms with Gasteiger partial charge in [0.2, 0.25) is 0 Å². The molecule has 0 aliphatic rings. The van der Waals surface area contributed by atoms with Gasteiger partial charge in [-0.3, -0.25) is 5.32 Å². The van der Waals surface area contributed by atoms with E-state index >= 15 is 0 Å². The van der Waals surface area contributed by atoms with Crippen molar-refractivity contribution in [2.45, 2.75) is 13.3 Å². The predicted molar refractivity (Wildman–Crippen MR) is 78.4 cm³/mol. The lowest BCUT2D eigenvalue weighted by molar-refractivity contribution is 0.808. The largest absolute Gasteiger partial charge is 0.285 e. The molecule has 3 rings (SSSR count). The highest BCUT2D eigenvalue weighted by molar-refractivity contribution is 6.10. The number of hydrogen-bond donors (Lipinski definition) is 0. The summed E-state index contributed by atoms with van der Waals surface area (Å²) in [4.78, 5) is 0. The first-order valence-electron chi connectivity index (χ1n) is 6.48. The van der Waals surface area contributed by atoms with E-state index in [9.17, 15) is 0 Å². The molecule has 0 saturated heterocycles. The van der Waals surface area contributed by atoms with Gasteiger partial charge < -0.3 is 0 Å². The van der Waals surface area contributed by atoms with Crippen LogP contribution in [-0.4, -0.2) is 6.54 Å². The summed E-state index contributed by atoms with van der Waals surface area (Å²) in [6.45, 7) is 3.05. The molecular formula is C17H16N. The fourth-order valence-corrected chi connectivity index (χ4v) is 2.39. The maximum absolute atomic E-state index is 4.66. The van der Waals surface area contributed by atoms with Crippen LogP contribution in [0.5, 0.6) is 0 Å². The van der Waals surface area contributed by atoms with E-state index in [1.165, 1.54) is 21.5 Å². The van der Waals surface area contributed by atoms with Crippen LogP contribution >= 0.6 is 0 Å². The maximum atomic E-state index is 4.66. The summed E-state index contributed by atoms with van der Waals surface area (Å²) in [5.74, 6) is 0. The minimum atomic E-state index is 0.895. The van der Waals surface area contributed by atoms with Crippen LogP contribution < -0.4 is 5.32 Å². The molecule has 3 aromatic carbocycles. The highest BCUT2D eigenvalue weighted by atomic mass is 14.9. The molecule has 1 nitrogen and oxygen atoms in total. The van der Waals surface area contributed by atoms with Crippen molar-refractivity contribution in [3.63, 3.8) is 0 Å². The Labute approximate surface area is 107 Å². The molecule has 0 saturated carbocycles. The summed E-state index contributed by atoms with van der Waals surface area (Å²) in [5.41, 5.74) is 1.11. The molecule has 18 heavy (non-hydrogen) atoms. The van der Waals surface area contributed by atoms with Gasteiger partial charge in [-0.05, 0) is 28.6 Å². The molecule has 0 fully saturated rings. The standard InChI is InChI=1S/C17H16N/c1-2-12-18-17-9-5-8-15-14-7-4-3-6-13(14)10-11-16(15)17/h3-11H,2,12H2,1H3. The van der Waals surface area contributed by atoms with Crippen LogP contribution in [0, 0.1) is 0 Å².